The number of amides is 1. The number of halogens is 1. The van der Waals surface area contributed by atoms with Crippen molar-refractivity contribution in [1.82, 2.24) is 0 Å². The standard InChI is InChI=1S/C17H18FNO/c1-12-7-9-15(11-13(12)2)19-17(20)10-8-14-5-3-4-6-16(14)18/h3-7,9,11H,8,10H2,1-2H3,(H,19,20). The normalized spacial score (nSPS) is 10.3. The molecule has 1 amide bonds. The van der Waals surface area contributed by atoms with Crippen LogP contribution in [0.4, 0.5) is 10.1 Å². The molecule has 2 rings (SSSR count). The van der Waals surface area contributed by atoms with E-state index in [0.29, 0.717) is 12.0 Å². The van der Waals surface area contributed by atoms with Crippen LogP contribution in [0.5, 0.6) is 0 Å². The third kappa shape index (κ3) is 3.67. The number of hydrogen-bond donors (Lipinski definition) is 1. The maximum absolute atomic E-state index is 13.4. The van der Waals surface area contributed by atoms with Gasteiger partial charge in [0.1, 0.15) is 5.82 Å². The predicted molar refractivity (Wildman–Crippen MR) is 79.3 cm³/mol. The van der Waals surface area contributed by atoms with Gasteiger partial charge in [0.15, 0.2) is 0 Å². The van der Waals surface area contributed by atoms with Gasteiger partial charge in [0.2, 0.25) is 5.91 Å². The Kier molecular flexibility index (Phi) is 4.51. The smallest absolute Gasteiger partial charge is 0.224 e. The van der Waals surface area contributed by atoms with Crippen LogP contribution in [-0.4, -0.2) is 5.91 Å². The average molecular weight is 271 g/mol. The molecule has 3 heteroatoms. The van der Waals surface area contributed by atoms with Crippen LogP contribution < -0.4 is 5.32 Å². The van der Waals surface area contributed by atoms with Crippen molar-refractivity contribution in [2.75, 3.05) is 5.32 Å². The lowest BCUT2D eigenvalue weighted by molar-refractivity contribution is -0.116. The summed E-state index contributed by atoms with van der Waals surface area (Å²) >= 11 is 0. The maximum Gasteiger partial charge on any atom is 0.224 e. The third-order valence-corrected chi connectivity index (χ3v) is 3.37. The Morgan fingerprint density at radius 1 is 1.10 bits per heavy atom. The van der Waals surface area contributed by atoms with E-state index in [1.165, 1.54) is 11.6 Å². The maximum atomic E-state index is 13.4. The summed E-state index contributed by atoms with van der Waals surface area (Å²) in [4.78, 5) is 11.9. The van der Waals surface area contributed by atoms with Crippen LogP contribution in [0.2, 0.25) is 0 Å². The summed E-state index contributed by atoms with van der Waals surface area (Å²) in [5, 5.41) is 2.84. The molecule has 0 atom stereocenters. The van der Waals surface area contributed by atoms with Crippen molar-refractivity contribution in [3.8, 4) is 0 Å². The van der Waals surface area contributed by atoms with Gasteiger partial charge in [0.25, 0.3) is 0 Å². The molecule has 0 aromatic heterocycles. The lowest BCUT2D eigenvalue weighted by Gasteiger charge is -2.08. The van der Waals surface area contributed by atoms with Crippen molar-refractivity contribution in [2.45, 2.75) is 26.7 Å². The predicted octanol–water partition coefficient (Wildman–Crippen LogP) is 4.01. The van der Waals surface area contributed by atoms with E-state index in [2.05, 4.69) is 5.32 Å². The van der Waals surface area contributed by atoms with Crippen molar-refractivity contribution in [3.05, 3.63) is 65.0 Å². The molecule has 2 nitrogen and oxygen atoms in total. The molecule has 0 aliphatic carbocycles. The van der Waals surface area contributed by atoms with Gasteiger partial charge >= 0.3 is 0 Å². The summed E-state index contributed by atoms with van der Waals surface area (Å²) in [7, 11) is 0. The second-order valence-electron chi connectivity index (χ2n) is 4.94. The Hall–Kier alpha value is -2.16. The molecule has 0 spiro atoms. The van der Waals surface area contributed by atoms with Crippen LogP contribution in [0.15, 0.2) is 42.5 Å². The zero-order valence-corrected chi connectivity index (χ0v) is 11.7. The quantitative estimate of drug-likeness (QED) is 0.894. The average Bonchev–Trinajstić information content (AvgIpc) is 2.42. The first-order valence-corrected chi connectivity index (χ1v) is 6.67. The number of nitrogens with one attached hydrogen (secondary N) is 1. The van der Waals surface area contributed by atoms with E-state index < -0.39 is 0 Å². The summed E-state index contributed by atoms with van der Waals surface area (Å²) in [5.74, 6) is -0.358. The minimum atomic E-state index is -0.258. The first-order chi connectivity index (χ1) is 9.56. The fourth-order valence-electron chi connectivity index (χ4n) is 1.99. The van der Waals surface area contributed by atoms with Gasteiger partial charge < -0.3 is 5.32 Å². The van der Waals surface area contributed by atoms with Gasteiger partial charge in [-0.25, -0.2) is 4.39 Å². The monoisotopic (exact) mass is 271 g/mol. The van der Waals surface area contributed by atoms with Crippen molar-refractivity contribution < 1.29 is 9.18 Å². The van der Waals surface area contributed by atoms with Crippen molar-refractivity contribution >= 4 is 11.6 Å². The number of carbonyl (C=O) groups is 1. The Morgan fingerprint density at radius 2 is 1.85 bits per heavy atom. The molecule has 20 heavy (non-hydrogen) atoms. The molecule has 0 aliphatic heterocycles. The Morgan fingerprint density at radius 3 is 2.55 bits per heavy atom. The molecule has 0 saturated carbocycles. The van der Waals surface area contributed by atoms with E-state index in [0.717, 1.165) is 11.3 Å². The molecule has 0 unspecified atom stereocenters. The van der Waals surface area contributed by atoms with Gasteiger partial charge in [0, 0.05) is 12.1 Å². The number of aryl methyl sites for hydroxylation is 3. The molecular formula is C17H18FNO. The summed E-state index contributed by atoms with van der Waals surface area (Å²) in [5.41, 5.74) is 3.68. The number of benzene rings is 2. The second-order valence-corrected chi connectivity index (χ2v) is 4.94. The van der Waals surface area contributed by atoms with Crippen LogP contribution in [0.25, 0.3) is 0 Å². The van der Waals surface area contributed by atoms with Crippen molar-refractivity contribution in [1.29, 1.82) is 0 Å². The molecule has 104 valence electrons. The first kappa shape index (κ1) is 14.3. The molecule has 0 radical (unpaired) electrons. The van der Waals surface area contributed by atoms with Crippen LogP contribution >= 0.6 is 0 Å². The van der Waals surface area contributed by atoms with E-state index in [1.807, 2.05) is 32.0 Å². The molecule has 0 bridgehead atoms. The molecule has 0 saturated heterocycles. The largest absolute Gasteiger partial charge is 0.326 e. The fraction of sp³-hybridized carbons (Fsp3) is 0.235. The Balaban J connectivity index is 1.93. The number of hydrogen-bond acceptors (Lipinski definition) is 1. The minimum Gasteiger partial charge on any atom is -0.326 e. The van der Waals surface area contributed by atoms with Crippen LogP contribution in [0, 0.1) is 19.7 Å². The molecule has 1 N–H and O–H groups in total. The highest BCUT2D eigenvalue weighted by atomic mass is 19.1. The van der Waals surface area contributed by atoms with Gasteiger partial charge in [-0.3, -0.25) is 4.79 Å². The summed E-state index contributed by atoms with van der Waals surface area (Å²) in [6.45, 7) is 4.03. The molecule has 2 aromatic rings. The zero-order valence-electron chi connectivity index (χ0n) is 11.7. The minimum absolute atomic E-state index is 0.100. The van der Waals surface area contributed by atoms with Gasteiger partial charge in [-0.15, -0.1) is 0 Å². The van der Waals surface area contributed by atoms with Crippen LogP contribution in [0.1, 0.15) is 23.1 Å². The number of carbonyl (C=O) groups excluding carboxylic acids is 1. The van der Waals surface area contributed by atoms with E-state index in [-0.39, 0.29) is 18.1 Å². The van der Waals surface area contributed by atoms with Gasteiger partial charge in [-0.2, -0.15) is 0 Å². The lowest BCUT2D eigenvalue weighted by atomic mass is 10.1. The molecule has 2 aromatic carbocycles. The lowest BCUT2D eigenvalue weighted by Crippen LogP contribution is -2.12. The zero-order chi connectivity index (χ0) is 14.5. The Labute approximate surface area is 118 Å². The molecule has 0 heterocycles. The molecular weight excluding hydrogens is 253 g/mol. The second kappa shape index (κ2) is 6.33. The van der Waals surface area contributed by atoms with Crippen molar-refractivity contribution in [3.63, 3.8) is 0 Å². The highest BCUT2D eigenvalue weighted by Gasteiger charge is 2.06. The number of anilines is 1. The topological polar surface area (TPSA) is 29.1 Å². The van der Waals surface area contributed by atoms with Gasteiger partial charge in [0.05, 0.1) is 0 Å². The van der Waals surface area contributed by atoms with Crippen LogP contribution in [-0.2, 0) is 11.2 Å². The SMILES string of the molecule is Cc1ccc(NC(=O)CCc2ccccc2F)cc1C. The molecule has 0 fully saturated rings. The molecule has 0 aliphatic rings. The van der Waals surface area contributed by atoms with E-state index in [9.17, 15) is 9.18 Å². The van der Waals surface area contributed by atoms with Gasteiger partial charge in [-0.1, -0.05) is 24.3 Å². The summed E-state index contributed by atoms with van der Waals surface area (Å²) < 4.78 is 13.4. The van der Waals surface area contributed by atoms with E-state index in [1.54, 1.807) is 18.2 Å². The van der Waals surface area contributed by atoms with Gasteiger partial charge in [-0.05, 0) is 55.2 Å². The highest BCUT2D eigenvalue weighted by Crippen LogP contribution is 2.15. The van der Waals surface area contributed by atoms with Crippen molar-refractivity contribution in [2.24, 2.45) is 0 Å². The van der Waals surface area contributed by atoms with Crippen LogP contribution in [0.3, 0.4) is 0 Å². The third-order valence-electron chi connectivity index (χ3n) is 3.37. The Bertz CT molecular complexity index is 622. The first-order valence-electron chi connectivity index (χ1n) is 6.67. The van der Waals surface area contributed by atoms with E-state index >= 15 is 0 Å². The fourth-order valence-corrected chi connectivity index (χ4v) is 1.99. The van der Waals surface area contributed by atoms with E-state index in [4.69, 9.17) is 0 Å². The highest BCUT2D eigenvalue weighted by molar-refractivity contribution is 5.90. The number of rotatable bonds is 4. The summed E-state index contributed by atoms with van der Waals surface area (Å²) in [6, 6.07) is 12.3. The summed E-state index contributed by atoms with van der Waals surface area (Å²) in [6.07, 6.45) is 0.678.